The Balaban J connectivity index is 2.69. The van der Waals surface area contributed by atoms with Crippen molar-refractivity contribution in [1.82, 2.24) is 0 Å². The highest BCUT2D eigenvalue weighted by molar-refractivity contribution is 5.49. The molecule has 41 heavy (non-hydrogen) atoms. The smallest absolute Gasteiger partial charge is 0.384 e. The lowest BCUT2D eigenvalue weighted by molar-refractivity contribution is -0.441. The van der Waals surface area contributed by atoms with Gasteiger partial charge in [0.2, 0.25) is 0 Å². The predicted octanol–water partition coefficient (Wildman–Crippen LogP) is 8.65. The molecule has 0 amide bonds. The summed E-state index contributed by atoms with van der Waals surface area (Å²) in [6.45, 7) is 5.44. The van der Waals surface area contributed by atoms with Gasteiger partial charge in [0, 0.05) is 24.7 Å². The Kier molecular flexibility index (Phi) is 9.40. The molecule has 2 aromatic carbocycles. The normalized spacial score (nSPS) is 16.3. The molecule has 2 aromatic rings. The van der Waals surface area contributed by atoms with Gasteiger partial charge in [-0.25, -0.2) is 0 Å². The molecule has 0 bridgehead atoms. The molecule has 0 spiro atoms. The van der Waals surface area contributed by atoms with E-state index in [0.717, 1.165) is 19.1 Å². The zero-order valence-electron chi connectivity index (χ0n) is 21.7. The lowest BCUT2D eigenvalue weighted by Crippen LogP contribution is -2.70. The van der Waals surface area contributed by atoms with Crippen LogP contribution in [-0.2, 0) is 5.60 Å². The van der Waals surface area contributed by atoms with Crippen molar-refractivity contribution in [3.05, 3.63) is 65.7 Å². The molecule has 1 N–H and O–H groups in total. The monoisotopic (exact) mass is 615 g/mol. The van der Waals surface area contributed by atoms with E-state index in [2.05, 4.69) is 0 Å². The molecule has 2 atom stereocenters. The summed E-state index contributed by atoms with van der Waals surface area (Å²) in [5.41, 5.74) is -3.38. The average molecular weight is 615 g/mol. The van der Waals surface area contributed by atoms with Crippen LogP contribution in [0.25, 0.3) is 0 Å². The summed E-state index contributed by atoms with van der Waals surface area (Å²) in [5, 5.41) is 11.4. The summed E-state index contributed by atoms with van der Waals surface area (Å²) in [4.78, 5) is 1.75. The van der Waals surface area contributed by atoms with E-state index in [1.165, 1.54) is 42.5 Å². The number of rotatable bonds is 12. The van der Waals surface area contributed by atoms with Crippen LogP contribution >= 0.6 is 0 Å². The number of benzene rings is 2. The second-order valence-electron chi connectivity index (χ2n) is 9.45. The van der Waals surface area contributed by atoms with E-state index in [0.29, 0.717) is 18.8 Å². The van der Waals surface area contributed by atoms with Crippen LogP contribution in [0.5, 0.6) is 0 Å². The Labute approximate surface area is 226 Å². The molecule has 0 aliphatic rings. The minimum Gasteiger partial charge on any atom is -0.384 e. The van der Waals surface area contributed by atoms with Gasteiger partial charge >= 0.3 is 35.8 Å². The minimum atomic E-state index is -8.01. The first-order chi connectivity index (χ1) is 18.5. The van der Waals surface area contributed by atoms with Gasteiger partial charge in [0.05, 0.1) is 6.42 Å². The zero-order valence-corrected chi connectivity index (χ0v) is 21.7. The van der Waals surface area contributed by atoms with Crippen LogP contribution in [0.3, 0.4) is 0 Å². The summed E-state index contributed by atoms with van der Waals surface area (Å²) in [6.07, 6.45) is -10.3. The largest absolute Gasteiger partial charge is 0.460 e. The number of hydrogen-bond acceptors (Lipinski definition) is 2. The first-order valence-corrected chi connectivity index (χ1v) is 12.0. The molecule has 15 heteroatoms. The number of hydrogen-bond donors (Lipinski definition) is 1. The molecule has 0 aromatic heterocycles. The molecule has 0 saturated heterocycles. The lowest BCUT2D eigenvalue weighted by atomic mass is 9.73. The Morgan fingerprint density at radius 1 is 0.634 bits per heavy atom. The molecular weight excluding hydrogens is 589 g/mol. The highest BCUT2D eigenvalue weighted by Crippen LogP contribution is 2.62. The third-order valence-electron chi connectivity index (χ3n) is 7.00. The summed E-state index contributed by atoms with van der Waals surface area (Å²) < 4.78 is 179. The molecule has 2 rings (SSSR count). The third kappa shape index (κ3) is 5.70. The Bertz CT molecular complexity index is 1150. The second kappa shape index (κ2) is 11.2. The van der Waals surface area contributed by atoms with E-state index in [1.807, 2.05) is 0 Å². The van der Waals surface area contributed by atoms with Crippen molar-refractivity contribution in [3.63, 3.8) is 0 Å². The van der Waals surface area contributed by atoms with Gasteiger partial charge in [-0.05, 0) is 37.1 Å². The first kappa shape index (κ1) is 34.5. The molecule has 0 heterocycles. The fourth-order valence-corrected chi connectivity index (χ4v) is 4.32. The molecule has 2 unspecified atom stereocenters. The summed E-state index contributed by atoms with van der Waals surface area (Å²) in [6, 6.07) is 11.1. The Morgan fingerprint density at radius 2 is 1.07 bits per heavy atom. The van der Waals surface area contributed by atoms with Crippen molar-refractivity contribution < 1.29 is 62.2 Å². The fourth-order valence-electron chi connectivity index (χ4n) is 4.32. The maximum absolute atomic E-state index is 15.0. The van der Waals surface area contributed by atoms with Crippen molar-refractivity contribution >= 4 is 5.69 Å². The van der Waals surface area contributed by atoms with Crippen molar-refractivity contribution in [2.45, 2.75) is 74.5 Å². The summed E-state index contributed by atoms with van der Waals surface area (Å²) >= 11 is 0. The average Bonchev–Trinajstić information content (AvgIpc) is 2.88. The number of alkyl halides is 13. The predicted molar refractivity (Wildman–Crippen MR) is 124 cm³/mol. The van der Waals surface area contributed by atoms with Crippen molar-refractivity contribution in [3.8, 4) is 0 Å². The van der Waals surface area contributed by atoms with E-state index in [4.69, 9.17) is 0 Å². The maximum atomic E-state index is 15.0. The maximum Gasteiger partial charge on any atom is 0.460 e. The van der Waals surface area contributed by atoms with Gasteiger partial charge in [0.25, 0.3) is 0 Å². The van der Waals surface area contributed by atoms with Gasteiger partial charge in [0.15, 0.2) is 0 Å². The van der Waals surface area contributed by atoms with E-state index in [-0.39, 0.29) is 5.56 Å². The zero-order chi connectivity index (χ0) is 31.9. The van der Waals surface area contributed by atoms with E-state index in [9.17, 15) is 53.4 Å². The first-order valence-electron chi connectivity index (χ1n) is 12.0. The quantitative estimate of drug-likeness (QED) is 0.242. The van der Waals surface area contributed by atoms with Gasteiger partial charge < -0.3 is 10.0 Å². The lowest BCUT2D eigenvalue weighted by Gasteiger charge is -2.43. The highest BCUT2D eigenvalue weighted by atomic mass is 19.4. The van der Waals surface area contributed by atoms with Gasteiger partial charge in [-0.15, -0.1) is 0 Å². The summed E-state index contributed by atoms with van der Waals surface area (Å²) in [5.74, 6) is -39.4. The van der Waals surface area contributed by atoms with Crippen LogP contribution in [-0.4, -0.2) is 54.0 Å². The van der Waals surface area contributed by atoms with Gasteiger partial charge in [-0.3, -0.25) is 0 Å². The fraction of sp³-hybridized carbons (Fsp3) is 0.538. The van der Waals surface area contributed by atoms with Crippen LogP contribution in [0.4, 0.5) is 62.8 Å². The molecule has 232 valence electrons. The molecule has 0 aliphatic carbocycles. The molecule has 0 saturated carbocycles. The molecular formula is C26H26F13NO. The van der Waals surface area contributed by atoms with Gasteiger partial charge in [-0.1, -0.05) is 49.4 Å². The van der Waals surface area contributed by atoms with Crippen LogP contribution in [0.1, 0.15) is 44.2 Å². The van der Waals surface area contributed by atoms with Crippen molar-refractivity contribution in [1.29, 1.82) is 0 Å². The molecule has 0 aliphatic heterocycles. The Hall–Kier alpha value is -2.71. The van der Waals surface area contributed by atoms with Crippen LogP contribution in [0, 0.1) is 0 Å². The number of anilines is 1. The number of halogens is 13. The van der Waals surface area contributed by atoms with E-state index >= 15 is 8.78 Å². The van der Waals surface area contributed by atoms with Crippen molar-refractivity contribution in [2.24, 2.45) is 0 Å². The van der Waals surface area contributed by atoms with E-state index < -0.39 is 59.3 Å². The molecule has 0 fully saturated rings. The van der Waals surface area contributed by atoms with Crippen molar-refractivity contribution in [2.75, 3.05) is 18.0 Å². The standard InChI is InChI=1S/C26H26F13NO/c1-4-40(5-2)19-13-11-18(12-14-19)20(41,16(3)17-9-7-6-8-10-17)15-21(27,28)22(29,30)23(31,32)24(33,34)25(35,36)26(37,38)39/h6-14,16,41H,4-5,15H2,1-3H3. The third-order valence-corrected chi connectivity index (χ3v) is 7.00. The minimum absolute atomic E-state index is 0.0115. The van der Waals surface area contributed by atoms with Crippen LogP contribution in [0.2, 0.25) is 0 Å². The number of aliphatic hydroxyl groups is 1. The molecule has 2 nitrogen and oxygen atoms in total. The topological polar surface area (TPSA) is 23.5 Å². The SMILES string of the molecule is CCN(CC)c1ccc(C(O)(CC(F)(F)C(F)(F)C(F)(F)C(F)(F)C(F)(F)C(F)(F)F)C(C)c2ccccc2)cc1. The number of nitrogens with zero attached hydrogens (tertiary/aromatic N) is 1. The highest BCUT2D eigenvalue weighted by Gasteiger charge is 2.90. The molecule has 0 radical (unpaired) electrons. The van der Waals surface area contributed by atoms with Gasteiger partial charge in [0.1, 0.15) is 5.60 Å². The second-order valence-corrected chi connectivity index (χ2v) is 9.45. The van der Waals surface area contributed by atoms with Crippen LogP contribution in [0.15, 0.2) is 54.6 Å². The Morgan fingerprint density at radius 3 is 1.49 bits per heavy atom. The van der Waals surface area contributed by atoms with Crippen LogP contribution < -0.4 is 4.90 Å². The van der Waals surface area contributed by atoms with Gasteiger partial charge in [-0.2, -0.15) is 57.1 Å². The van der Waals surface area contributed by atoms with E-state index in [1.54, 1.807) is 18.7 Å². The summed E-state index contributed by atoms with van der Waals surface area (Å²) in [7, 11) is 0.